The van der Waals surface area contributed by atoms with Gasteiger partial charge in [-0.2, -0.15) is 17.0 Å². The number of carboxylic acids is 1. The first-order valence-corrected chi connectivity index (χ1v) is 7.60. The van der Waals surface area contributed by atoms with Crippen LogP contribution in [0.15, 0.2) is 0 Å². The van der Waals surface area contributed by atoms with Gasteiger partial charge in [0, 0.05) is 26.7 Å². The molecule has 0 aromatic rings. The minimum absolute atomic E-state index is 0.00609. The first-order chi connectivity index (χ1) is 8.54. The normalized spacial score (nSPS) is 22.7. The molecule has 0 aromatic carbocycles. The quantitative estimate of drug-likeness (QED) is 0.727. The third kappa shape index (κ3) is 4.41. The lowest BCUT2D eigenvalue weighted by atomic mass is 10.0. The van der Waals surface area contributed by atoms with Crippen LogP contribution < -0.4 is 0 Å². The Morgan fingerprint density at radius 2 is 2.05 bits per heavy atom. The topological polar surface area (TPSA) is 98.2 Å². The van der Waals surface area contributed by atoms with Crippen LogP contribution in [0.4, 0.5) is 0 Å². The number of hydrogen-bond acceptors (Lipinski definition) is 4. The Morgan fingerprint density at radius 1 is 1.47 bits per heavy atom. The van der Waals surface area contributed by atoms with E-state index in [4.69, 9.17) is 5.11 Å². The maximum Gasteiger partial charge on any atom is 0.307 e. The van der Waals surface area contributed by atoms with Gasteiger partial charge in [-0.3, -0.25) is 4.79 Å². The summed E-state index contributed by atoms with van der Waals surface area (Å²) in [6.07, 6.45) is 1.03. The van der Waals surface area contributed by atoms with Crippen molar-refractivity contribution in [1.29, 1.82) is 0 Å². The molecule has 1 unspecified atom stereocenters. The lowest BCUT2D eigenvalue weighted by molar-refractivity contribution is -0.142. The highest BCUT2D eigenvalue weighted by molar-refractivity contribution is 7.86. The Labute approximate surface area is 114 Å². The number of hydrogen-bond donors (Lipinski definition) is 2. The van der Waals surface area contributed by atoms with Gasteiger partial charge < -0.3 is 10.2 Å². The van der Waals surface area contributed by atoms with Gasteiger partial charge >= 0.3 is 5.97 Å². The maximum absolute atomic E-state index is 12.3. The fourth-order valence-corrected chi connectivity index (χ4v) is 3.78. The van der Waals surface area contributed by atoms with Gasteiger partial charge in [0.05, 0.1) is 11.5 Å². The molecule has 2 N–H and O–H groups in total. The minimum atomic E-state index is -3.72. The van der Waals surface area contributed by atoms with Crippen LogP contribution in [0.5, 0.6) is 0 Å². The minimum Gasteiger partial charge on any atom is -0.481 e. The second kappa shape index (κ2) is 5.74. The molecular formula is C11H22N2O5S. The molecule has 1 aliphatic rings. The molecule has 0 amide bonds. The van der Waals surface area contributed by atoms with Gasteiger partial charge in [0.2, 0.25) is 0 Å². The molecule has 0 radical (unpaired) electrons. The predicted molar refractivity (Wildman–Crippen MR) is 69.8 cm³/mol. The molecule has 1 atom stereocenters. The summed E-state index contributed by atoms with van der Waals surface area (Å²) in [4.78, 5) is 11.0. The molecular weight excluding hydrogens is 272 g/mol. The van der Waals surface area contributed by atoms with Crippen molar-refractivity contribution in [3.63, 3.8) is 0 Å². The van der Waals surface area contributed by atoms with E-state index >= 15 is 0 Å². The highest BCUT2D eigenvalue weighted by Gasteiger charge is 2.35. The van der Waals surface area contributed by atoms with E-state index in [9.17, 15) is 18.3 Å². The van der Waals surface area contributed by atoms with Gasteiger partial charge in [0.1, 0.15) is 0 Å². The van der Waals surface area contributed by atoms with Gasteiger partial charge in [-0.05, 0) is 26.7 Å². The molecule has 8 heteroatoms. The average molecular weight is 294 g/mol. The van der Waals surface area contributed by atoms with Crippen LogP contribution in [0.2, 0.25) is 0 Å². The fraction of sp³-hybridized carbons (Fsp3) is 0.909. The summed E-state index contributed by atoms with van der Waals surface area (Å²) in [6.45, 7) is 3.32. The molecule has 1 saturated heterocycles. The number of piperidine rings is 1. The molecule has 1 fully saturated rings. The van der Waals surface area contributed by atoms with Crippen molar-refractivity contribution < 1.29 is 23.4 Å². The highest BCUT2D eigenvalue weighted by Crippen LogP contribution is 2.21. The summed E-state index contributed by atoms with van der Waals surface area (Å²) in [7, 11) is -2.33. The van der Waals surface area contributed by atoms with Crippen molar-refractivity contribution >= 4 is 16.2 Å². The monoisotopic (exact) mass is 294 g/mol. The van der Waals surface area contributed by atoms with Crippen molar-refractivity contribution in [2.45, 2.75) is 32.3 Å². The summed E-state index contributed by atoms with van der Waals surface area (Å²) in [5, 5.41) is 18.6. The number of nitrogens with zero attached hydrogens (tertiary/aromatic N) is 2. The molecule has 1 heterocycles. The van der Waals surface area contributed by atoms with E-state index in [1.165, 1.54) is 25.2 Å². The lowest BCUT2D eigenvalue weighted by Gasteiger charge is -2.34. The number of aliphatic hydroxyl groups is 1. The Balaban J connectivity index is 2.79. The third-order valence-electron chi connectivity index (χ3n) is 3.06. The molecule has 112 valence electrons. The molecule has 0 saturated carbocycles. The van der Waals surface area contributed by atoms with E-state index in [0.717, 1.165) is 4.31 Å². The van der Waals surface area contributed by atoms with Gasteiger partial charge in [0.15, 0.2) is 0 Å². The summed E-state index contributed by atoms with van der Waals surface area (Å²) in [5.41, 5.74) is -1.14. The molecule has 0 spiro atoms. The summed E-state index contributed by atoms with van der Waals surface area (Å²) in [6, 6.07) is 0. The van der Waals surface area contributed by atoms with Crippen LogP contribution >= 0.6 is 0 Å². The van der Waals surface area contributed by atoms with Gasteiger partial charge in [-0.15, -0.1) is 0 Å². The number of aliphatic carboxylic acids is 1. The Kier molecular flexibility index (Phi) is 4.94. The molecule has 1 rings (SSSR count). The third-order valence-corrected chi connectivity index (χ3v) is 4.96. The number of carbonyl (C=O) groups is 1. The second-order valence-electron chi connectivity index (χ2n) is 5.61. The van der Waals surface area contributed by atoms with Crippen molar-refractivity contribution in [3.8, 4) is 0 Å². The first kappa shape index (κ1) is 16.4. The smallest absolute Gasteiger partial charge is 0.307 e. The molecule has 0 aliphatic carbocycles. The van der Waals surface area contributed by atoms with Crippen LogP contribution in [0.3, 0.4) is 0 Å². The van der Waals surface area contributed by atoms with E-state index in [-0.39, 0.29) is 13.1 Å². The number of likely N-dealkylation sites (N-methyl/N-ethyl adjacent to an activating group) is 1. The van der Waals surface area contributed by atoms with E-state index in [1.807, 2.05) is 0 Å². The van der Waals surface area contributed by atoms with Crippen LogP contribution in [0.25, 0.3) is 0 Å². The average Bonchev–Trinajstić information content (AvgIpc) is 2.26. The van der Waals surface area contributed by atoms with E-state index in [1.54, 1.807) is 0 Å². The van der Waals surface area contributed by atoms with Gasteiger partial charge in [-0.1, -0.05) is 0 Å². The van der Waals surface area contributed by atoms with Crippen LogP contribution in [0, 0.1) is 5.92 Å². The van der Waals surface area contributed by atoms with Crippen molar-refractivity contribution in [2.75, 3.05) is 26.7 Å². The molecule has 0 aromatic heterocycles. The zero-order chi connectivity index (χ0) is 14.8. The molecule has 7 nitrogen and oxygen atoms in total. The zero-order valence-electron chi connectivity index (χ0n) is 11.5. The summed E-state index contributed by atoms with van der Waals surface area (Å²) in [5.74, 6) is -1.62. The lowest BCUT2D eigenvalue weighted by Crippen LogP contribution is -2.50. The Hall–Kier alpha value is -0.700. The van der Waals surface area contributed by atoms with Crippen molar-refractivity contribution in [1.82, 2.24) is 8.61 Å². The SMILES string of the molecule is CN(CC(C)(C)O)S(=O)(=O)N1CCCC(C(=O)O)C1. The molecule has 19 heavy (non-hydrogen) atoms. The first-order valence-electron chi connectivity index (χ1n) is 6.20. The largest absolute Gasteiger partial charge is 0.481 e. The maximum atomic E-state index is 12.3. The highest BCUT2D eigenvalue weighted by atomic mass is 32.2. The molecule has 1 aliphatic heterocycles. The summed E-state index contributed by atoms with van der Waals surface area (Å²) < 4.78 is 26.8. The van der Waals surface area contributed by atoms with E-state index in [2.05, 4.69) is 0 Å². The number of carboxylic acid groups (broad SMARTS) is 1. The molecule has 0 bridgehead atoms. The Morgan fingerprint density at radius 3 is 2.53 bits per heavy atom. The van der Waals surface area contributed by atoms with Crippen LogP contribution in [0.1, 0.15) is 26.7 Å². The van der Waals surface area contributed by atoms with Crippen molar-refractivity contribution in [2.24, 2.45) is 5.92 Å². The predicted octanol–water partition coefficient (Wildman–Crippen LogP) is -0.269. The number of rotatable bonds is 5. The standard InChI is InChI=1S/C11H22N2O5S/c1-11(2,16)8-12(3)19(17,18)13-6-4-5-9(7-13)10(14)15/h9,16H,4-8H2,1-3H3,(H,14,15). The fourth-order valence-electron chi connectivity index (χ4n) is 2.18. The van der Waals surface area contributed by atoms with E-state index in [0.29, 0.717) is 19.4 Å². The van der Waals surface area contributed by atoms with Gasteiger partial charge in [-0.25, -0.2) is 0 Å². The summed E-state index contributed by atoms with van der Waals surface area (Å²) >= 11 is 0. The van der Waals surface area contributed by atoms with Gasteiger partial charge in [0.25, 0.3) is 10.2 Å². The second-order valence-corrected chi connectivity index (χ2v) is 7.65. The van der Waals surface area contributed by atoms with Crippen LogP contribution in [-0.2, 0) is 15.0 Å². The Bertz CT molecular complexity index is 429. The van der Waals surface area contributed by atoms with E-state index < -0.39 is 27.7 Å². The van der Waals surface area contributed by atoms with Crippen LogP contribution in [-0.4, -0.2) is 65.5 Å². The zero-order valence-corrected chi connectivity index (χ0v) is 12.4. The van der Waals surface area contributed by atoms with Crippen molar-refractivity contribution in [3.05, 3.63) is 0 Å².